The Morgan fingerprint density at radius 2 is 1.95 bits per heavy atom. The second-order valence-electron chi connectivity index (χ2n) is 6.66. The molecule has 1 saturated heterocycles. The number of likely N-dealkylation sites (tertiary alicyclic amines) is 1. The molecular formula is C16H30N2O2. The average molecular weight is 282 g/mol. The summed E-state index contributed by atoms with van der Waals surface area (Å²) in [5, 5.41) is 12.3. The molecule has 1 aliphatic heterocycles. The lowest BCUT2D eigenvalue weighted by Crippen LogP contribution is -2.48. The van der Waals surface area contributed by atoms with E-state index in [-0.39, 0.29) is 12.5 Å². The van der Waals surface area contributed by atoms with Crippen molar-refractivity contribution < 1.29 is 9.90 Å². The first kappa shape index (κ1) is 15.8. The molecule has 1 unspecified atom stereocenters. The monoisotopic (exact) mass is 282 g/mol. The van der Waals surface area contributed by atoms with E-state index < -0.39 is 0 Å². The number of piperidine rings is 1. The lowest BCUT2D eigenvalue weighted by atomic mass is 9.87. The van der Waals surface area contributed by atoms with Crippen LogP contribution in [-0.4, -0.2) is 47.7 Å². The first-order valence-electron chi connectivity index (χ1n) is 8.33. The molecule has 0 bridgehead atoms. The van der Waals surface area contributed by atoms with Crippen LogP contribution in [0.3, 0.4) is 0 Å². The van der Waals surface area contributed by atoms with Crippen LogP contribution in [-0.2, 0) is 4.79 Å². The van der Waals surface area contributed by atoms with E-state index in [1.807, 2.05) is 0 Å². The number of rotatable bonds is 5. The van der Waals surface area contributed by atoms with E-state index in [1.165, 1.54) is 25.7 Å². The van der Waals surface area contributed by atoms with Gasteiger partial charge in [0.25, 0.3) is 0 Å². The minimum atomic E-state index is 0.175. The van der Waals surface area contributed by atoms with Crippen molar-refractivity contribution in [2.75, 3.05) is 19.7 Å². The van der Waals surface area contributed by atoms with Crippen molar-refractivity contribution in [3.05, 3.63) is 0 Å². The SMILES string of the molecule is CC1CCC(NC(=O)CN2CCCCC2CCO)CC1. The predicted octanol–water partition coefficient (Wildman–Crippen LogP) is 1.92. The number of hydrogen-bond acceptors (Lipinski definition) is 3. The molecule has 4 nitrogen and oxygen atoms in total. The highest BCUT2D eigenvalue weighted by molar-refractivity contribution is 5.78. The van der Waals surface area contributed by atoms with Gasteiger partial charge in [-0.2, -0.15) is 0 Å². The normalized spacial score (nSPS) is 32.0. The molecule has 1 amide bonds. The van der Waals surface area contributed by atoms with Crippen molar-refractivity contribution in [2.45, 2.75) is 70.4 Å². The molecule has 0 radical (unpaired) electrons. The summed E-state index contributed by atoms with van der Waals surface area (Å²) >= 11 is 0. The Morgan fingerprint density at radius 3 is 2.65 bits per heavy atom. The summed E-state index contributed by atoms with van der Waals surface area (Å²) in [6.45, 7) is 4.03. The van der Waals surface area contributed by atoms with Crippen LogP contribution in [0.2, 0.25) is 0 Å². The fourth-order valence-electron chi connectivity index (χ4n) is 3.61. The number of aliphatic hydroxyl groups is 1. The highest BCUT2D eigenvalue weighted by Gasteiger charge is 2.25. The lowest BCUT2D eigenvalue weighted by molar-refractivity contribution is -0.124. The molecule has 0 aromatic carbocycles. The van der Waals surface area contributed by atoms with Crippen LogP contribution >= 0.6 is 0 Å². The second-order valence-corrected chi connectivity index (χ2v) is 6.66. The molecule has 1 atom stereocenters. The number of nitrogens with zero attached hydrogens (tertiary/aromatic N) is 1. The third-order valence-corrected chi connectivity index (χ3v) is 4.94. The van der Waals surface area contributed by atoms with E-state index in [4.69, 9.17) is 5.11 Å². The van der Waals surface area contributed by atoms with Crippen LogP contribution in [0.1, 0.15) is 58.3 Å². The van der Waals surface area contributed by atoms with Gasteiger partial charge < -0.3 is 10.4 Å². The highest BCUT2D eigenvalue weighted by Crippen LogP contribution is 2.23. The third-order valence-electron chi connectivity index (χ3n) is 4.94. The van der Waals surface area contributed by atoms with Crippen molar-refractivity contribution in [1.29, 1.82) is 0 Å². The zero-order valence-corrected chi connectivity index (χ0v) is 12.8. The summed E-state index contributed by atoms with van der Waals surface area (Å²) in [5.74, 6) is 0.994. The molecular weight excluding hydrogens is 252 g/mol. The zero-order valence-electron chi connectivity index (χ0n) is 12.8. The minimum Gasteiger partial charge on any atom is -0.396 e. The van der Waals surface area contributed by atoms with Crippen LogP contribution in [0.25, 0.3) is 0 Å². The molecule has 1 saturated carbocycles. The first-order chi connectivity index (χ1) is 9.69. The topological polar surface area (TPSA) is 52.6 Å². The maximum absolute atomic E-state index is 12.2. The van der Waals surface area contributed by atoms with E-state index in [0.29, 0.717) is 18.6 Å². The molecule has 0 aromatic heterocycles. The maximum atomic E-state index is 12.2. The predicted molar refractivity (Wildman–Crippen MR) is 80.5 cm³/mol. The molecule has 2 aliphatic rings. The lowest BCUT2D eigenvalue weighted by Gasteiger charge is -2.35. The van der Waals surface area contributed by atoms with E-state index >= 15 is 0 Å². The number of nitrogens with one attached hydrogen (secondary N) is 1. The standard InChI is InChI=1S/C16H30N2O2/c1-13-5-7-14(8-6-13)17-16(20)12-18-10-3-2-4-15(18)9-11-19/h13-15,19H,2-12H2,1H3,(H,17,20). The largest absolute Gasteiger partial charge is 0.396 e. The molecule has 2 N–H and O–H groups in total. The molecule has 2 fully saturated rings. The van der Waals surface area contributed by atoms with Gasteiger partial charge >= 0.3 is 0 Å². The third kappa shape index (κ3) is 4.74. The van der Waals surface area contributed by atoms with Gasteiger partial charge in [0.1, 0.15) is 0 Å². The van der Waals surface area contributed by atoms with Crippen LogP contribution in [0.15, 0.2) is 0 Å². The molecule has 4 heteroatoms. The summed E-state index contributed by atoms with van der Waals surface area (Å²) < 4.78 is 0. The fourth-order valence-corrected chi connectivity index (χ4v) is 3.61. The smallest absolute Gasteiger partial charge is 0.234 e. The molecule has 20 heavy (non-hydrogen) atoms. The molecule has 1 heterocycles. The van der Waals surface area contributed by atoms with Crippen LogP contribution < -0.4 is 5.32 Å². The Balaban J connectivity index is 1.74. The van der Waals surface area contributed by atoms with Crippen molar-refractivity contribution in [3.63, 3.8) is 0 Å². The Hall–Kier alpha value is -0.610. The van der Waals surface area contributed by atoms with Gasteiger partial charge in [0.05, 0.1) is 6.54 Å². The Kier molecular flexibility index (Phi) is 6.30. The summed E-state index contributed by atoms with van der Waals surface area (Å²) in [4.78, 5) is 14.5. The van der Waals surface area contributed by atoms with Crippen LogP contribution in [0.5, 0.6) is 0 Å². The van der Waals surface area contributed by atoms with Crippen LogP contribution in [0.4, 0.5) is 0 Å². The van der Waals surface area contributed by atoms with Gasteiger partial charge in [-0.15, -0.1) is 0 Å². The fraction of sp³-hybridized carbons (Fsp3) is 0.938. The van der Waals surface area contributed by atoms with Gasteiger partial charge in [-0.05, 0) is 57.4 Å². The van der Waals surface area contributed by atoms with Crippen LogP contribution in [0, 0.1) is 5.92 Å². The number of carbonyl (C=O) groups is 1. The van der Waals surface area contributed by atoms with Gasteiger partial charge in [-0.3, -0.25) is 9.69 Å². The Morgan fingerprint density at radius 1 is 1.20 bits per heavy atom. The van der Waals surface area contributed by atoms with Gasteiger partial charge in [-0.25, -0.2) is 0 Å². The van der Waals surface area contributed by atoms with Crippen molar-refractivity contribution >= 4 is 5.91 Å². The average Bonchev–Trinajstić information content (AvgIpc) is 2.44. The highest BCUT2D eigenvalue weighted by atomic mass is 16.3. The number of aliphatic hydroxyl groups excluding tert-OH is 1. The molecule has 116 valence electrons. The molecule has 0 spiro atoms. The summed E-state index contributed by atoms with van der Waals surface area (Å²) in [7, 11) is 0. The van der Waals surface area contributed by atoms with Gasteiger partial charge in [0, 0.05) is 18.7 Å². The van der Waals surface area contributed by atoms with E-state index in [1.54, 1.807) is 0 Å². The summed E-state index contributed by atoms with van der Waals surface area (Å²) in [6, 6.07) is 0.783. The molecule has 1 aliphatic carbocycles. The van der Waals surface area contributed by atoms with Gasteiger partial charge in [0.15, 0.2) is 0 Å². The van der Waals surface area contributed by atoms with Crippen molar-refractivity contribution in [1.82, 2.24) is 10.2 Å². The minimum absolute atomic E-state index is 0.175. The molecule has 2 rings (SSSR count). The number of hydrogen-bond donors (Lipinski definition) is 2. The maximum Gasteiger partial charge on any atom is 0.234 e. The Labute approximate surface area is 122 Å². The summed E-state index contributed by atoms with van der Waals surface area (Å²) in [6.07, 6.45) is 9.06. The molecule has 0 aromatic rings. The number of amides is 1. The quantitative estimate of drug-likeness (QED) is 0.810. The van der Waals surface area contributed by atoms with Gasteiger partial charge in [0.2, 0.25) is 5.91 Å². The summed E-state index contributed by atoms with van der Waals surface area (Å²) in [5.41, 5.74) is 0. The van der Waals surface area contributed by atoms with E-state index in [9.17, 15) is 4.79 Å². The Bertz CT molecular complexity index is 299. The van der Waals surface area contributed by atoms with Crippen molar-refractivity contribution in [3.8, 4) is 0 Å². The number of carbonyl (C=O) groups excluding carboxylic acids is 1. The van der Waals surface area contributed by atoms with E-state index in [0.717, 1.165) is 38.1 Å². The first-order valence-corrected chi connectivity index (χ1v) is 8.33. The van der Waals surface area contributed by atoms with Gasteiger partial charge in [-0.1, -0.05) is 13.3 Å². The van der Waals surface area contributed by atoms with Crippen molar-refractivity contribution in [2.24, 2.45) is 5.92 Å². The zero-order chi connectivity index (χ0) is 14.4. The second kappa shape index (κ2) is 7.99. The van der Waals surface area contributed by atoms with E-state index in [2.05, 4.69) is 17.1 Å².